The maximum absolute atomic E-state index is 12.7. The molecule has 2 aliphatic heterocycles. The number of hydrogen-bond donors (Lipinski definition) is 3. The molecule has 1 saturated heterocycles. The van der Waals surface area contributed by atoms with Crippen molar-refractivity contribution in [3.05, 3.63) is 53.1 Å². The minimum Gasteiger partial charge on any atom is -0.507 e. The highest BCUT2D eigenvalue weighted by Gasteiger charge is 2.45. The Morgan fingerprint density at radius 2 is 1.81 bits per heavy atom. The number of phenols is 1. The molecule has 1 spiro atoms. The molecule has 2 heterocycles. The molecule has 0 unspecified atom stereocenters. The molecule has 2 aromatic rings. The number of rotatable bonds is 1. The van der Waals surface area contributed by atoms with Crippen LogP contribution in [0.15, 0.2) is 42.5 Å². The zero-order valence-electron chi connectivity index (χ0n) is 14.0. The first-order valence-corrected chi connectivity index (χ1v) is 8.83. The van der Waals surface area contributed by atoms with E-state index in [-0.39, 0.29) is 23.1 Å². The highest BCUT2D eigenvalue weighted by atomic mass is 35.5. The maximum atomic E-state index is 12.7. The zero-order chi connectivity index (χ0) is 18.3. The van der Waals surface area contributed by atoms with E-state index in [0.717, 1.165) is 11.4 Å². The molecule has 1 fully saturated rings. The van der Waals surface area contributed by atoms with Crippen LogP contribution in [-0.4, -0.2) is 40.4 Å². The lowest BCUT2D eigenvalue weighted by Gasteiger charge is -2.44. The van der Waals surface area contributed by atoms with Crippen molar-refractivity contribution in [3.8, 4) is 5.75 Å². The molecule has 6 nitrogen and oxygen atoms in total. The minimum absolute atomic E-state index is 0.0716. The van der Waals surface area contributed by atoms with Gasteiger partial charge in [0.25, 0.3) is 5.91 Å². The molecule has 3 N–H and O–H groups in total. The van der Waals surface area contributed by atoms with Crippen LogP contribution in [0.3, 0.4) is 0 Å². The predicted molar refractivity (Wildman–Crippen MR) is 99.7 cm³/mol. The van der Waals surface area contributed by atoms with Crippen molar-refractivity contribution in [3.63, 3.8) is 0 Å². The summed E-state index contributed by atoms with van der Waals surface area (Å²) in [6.07, 6.45) is 0.987. The van der Waals surface area contributed by atoms with Gasteiger partial charge in [0.15, 0.2) is 0 Å². The second-order valence-corrected chi connectivity index (χ2v) is 7.10. The molecule has 0 atom stereocenters. The Balaban J connectivity index is 1.50. The summed E-state index contributed by atoms with van der Waals surface area (Å²) < 4.78 is 0. The van der Waals surface area contributed by atoms with Crippen molar-refractivity contribution in [2.75, 3.05) is 23.7 Å². The lowest BCUT2D eigenvalue weighted by Crippen LogP contribution is -2.59. The number of piperidine rings is 1. The van der Waals surface area contributed by atoms with E-state index in [1.165, 1.54) is 12.1 Å². The Labute approximate surface area is 155 Å². The van der Waals surface area contributed by atoms with Crippen molar-refractivity contribution in [1.82, 2.24) is 4.90 Å². The Kier molecular flexibility index (Phi) is 4.00. The standard InChI is InChI=1S/C19H18ClN3O3/c20-12-5-6-13(16(24)11-12)17(25)23-9-7-19(8-10-23)18(26)21-14-3-1-2-4-15(14)22-19/h1-6,11,22,24H,7-10H2,(H,21,26). The maximum Gasteiger partial charge on any atom is 0.257 e. The number of benzene rings is 2. The molecule has 0 saturated carbocycles. The Morgan fingerprint density at radius 3 is 2.50 bits per heavy atom. The van der Waals surface area contributed by atoms with Gasteiger partial charge in [-0.15, -0.1) is 0 Å². The predicted octanol–water partition coefficient (Wildman–Crippen LogP) is 3.08. The van der Waals surface area contributed by atoms with Gasteiger partial charge in [-0.25, -0.2) is 0 Å². The Morgan fingerprint density at radius 1 is 1.12 bits per heavy atom. The largest absolute Gasteiger partial charge is 0.507 e. The number of hydrogen-bond acceptors (Lipinski definition) is 4. The van der Waals surface area contributed by atoms with E-state index in [4.69, 9.17) is 11.6 Å². The number of halogens is 1. The summed E-state index contributed by atoms with van der Waals surface area (Å²) in [6.45, 7) is 0.840. The molecule has 4 rings (SSSR count). The number of likely N-dealkylation sites (tertiary alicyclic amines) is 1. The first kappa shape index (κ1) is 16.7. The smallest absolute Gasteiger partial charge is 0.257 e. The van der Waals surface area contributed by atoms with E-state index >= 15 is 0 Å². The van der Waals surface area contributed by atoms with Crippen molar-refractivity contribution in [1.29, 1.82) is 0 Å². The third kappa shape index (κ3) is 2.76. The average Bonchev–Trinajstić information content (AvgIpc) is 2.63. The van der Waals surface area contributed by atoms with Crippen molar-refractivity contribution in [2.45, 2.75) is 18.4 Å². The quantitative estimate of drug-likeness (QED) is 0.719. The number of nitrogens with one attached hydrogen (secondary N) is 2. The number of nitrogens with zero attached hydrogens (tertiary/aromatic N) is 1. The van der Waals surface area contributed by atoms with Gasteiger partial charge in [0, 0.05) is 18.1 Å². The van der Waals surface area contributed by atoms with Crippen LogP contribution in [0.25, 0.3) is 0 Å². The van der Waals surface area contributed by atoms with Crippen LogP contribution >= 0.6 is 11.6 Å². The van der Waals surface area contributed by atoms with Gasteiger partial charge < -0.3 is 20.6 Å². The topological polar surface area (TPSA) is 81.7 Å². The number of amides is 2. The summed E-state index contributed by atoms with van der Waals surface area (Å²) in [7, 11) is 0. The van der Waals surface area contributed by atoms with E-state index in [1.807, 2.05) is 24.3 Å². The zero-order valence-corrected chi connectivity index (χ0v) is 14.7. The van der Waals surface area contributed by atoms with Crippen LogP contribution in [0, 0.1) is 0 Å². The van der Waals surface area contributed by atoms with E-state index in [2.05, 4.69) is 10.6 Å². The van der Waals surface area contributed by atoms with Crippen molar-refractivity contribution in [2.24, 2.45) is 0 Å². The van der Waals surface area contributed by atoms with Crippen LogP contribution in [0.1, 0.15) is 23.2 Å². The van der Waals surface area contributed by atoms with Gasteiger partial charge in [-0.3, -0.25) is 9.59 Å². The number of carbonyl (C=O) groups excluding carboxylic acids is 2. The van der Waals surface area contributed by atoms with E-state index in [9.17, 15) is 14.7 Å². The van der Waals surface area contributed by atoms with Gasteiger partial charge in [0.1, 0.15) is 11.3 Å². The van der Waals surface area contributed by atoms with Crippen LogP contribution in [0.4, 0.5) is 11.4 Å². The van der Waals surface area contributed by atoms with Crippen LogP contribution in [0.5, 0.6) is 5.75 Å². The second kappa shape index (κ2) is 6.21. The molecular weight excluding hydrogens is 354 g/mol. The molecule has 0 bridgehead atoms. The summed E-state index contributed by atoms with van der Waals surface area (Å²) in [5.74, 6) is -0.464. The second-order valence-electron chi connectivity index (χ2n) is 6.66. The average molecular weight is 372 g/mol. The number of phenolic OH excluding ortho intramolecular Hbond substituents is 1. The first-order chi connectivity index (χ1) is 12.5. The fourth-order valence-electron chi connectivity index (χ4n) is 3.56. The minimum atomic E-state index is -0.715. The molecule has 2 amide bonds. The normalized spacial score (nSPS) is 18.0. The fourth-order valence-corrected chi connectivity index (χ4v) is 3.72. The van der Waals surface area contributed by atoms with Crippen LogP contribution in [-0.2, 0) is 4.79 Å². The molecule has 2 aromatic carbocycles. The number of carbonyl (C=O) groups is 2. The molecule has 0 aliphatic carbocycles. The molecule has 7 heteroatoms. The number of fused-ring (bicyclic) bond motifs is 1. The number of anilines is 2. The van der Waals surface area contributed by atoms with Crippen molar-refractivity contribution >= 4 is 34.8 Å². The van der Waals surface area contributed by atoms with Crippen LogP contribution < -0.4 is 10.6 Å². The summed E-state index contributed by atoms with van der Waals surface area (Å²) >= 11 is 5.82. The first-order valence-electron chi connectivity index (χ1n) is 8.45. The Hall–Kier alpha value is -2.73. The molecule has 2 aliphatic rings. The monoisotopic (exact) mass is 371 g/mol. The van der Waals surface area contributed by atoms with E-state index in [0.29, 0.717) is 31.0 Å². The Bertz CT molecular complexity index is 891. The third-order valence-corrected chi connectivity index (χ3v) is 5.31. The molecular formula is C19H18ClN3O3. The van der Waals surface area contributed by atoms with E-state index < -0.39 is 5.54 Å². The highest BCUT2D eigenvalue weighted by molar-refractivity contribution is 6.30. The van der Waals surface area contributed by atoms with Gasteiger partial charge in [0.05, 0.1) is 16.9 Å². The molecule has 0 radical (unpaired) electrons. The fraction of sp³-hybridized carbons (Fsp3) is 0.263. The molecule has 134 valence electrons. The van der Waals surface area contributed by atoms with E-state index in [1.54, 1.807) is 11.0 Å². The number of aromatic hydroxyl groups is 1. The van der Waals surface area contributed by atoms with Gasteiger partial charge >= 0.3 is 0 Å². The summed E-state index contributed by atoms with van der Waals surface area (Å²) in [5.41, 5.74) is 1.17. The highest BCUT2D eigenvalue weighted by Crippen LogP contribution is 2.36. The van der Waals surface area contributed by atoms with Crippen molar-refractivity contribution < 1.29 is 14.7 Å². The number of para-hydroxylation sites is 2. The summed E-state index contributed by atoms with van der Waals surface area (Å²) in [5, 5.41) is 16.7. The molecule has 26 heavy (non-hydrogen) atoms. The van der Waals surface area contributed by atoms with Crippen LogP contribution in [0.2, 0.25) is 5.02 Å². The SMILES string of the molecule is O=C(c1ccc(Cl)cc1O)N1CCC2(CC1)Nc1ccccc1NC2=O. The summed E-state index contributed by atoms with van der Waals surface area (Å²) in [6, 6.07) is 12.0. The lowest BCUT2D eigenvalue weighted by atomic mass is 9.84. The van der Waals surface area contributed by atoms with Gasteiger partial charge in [-0.1, -0.05) is 23.7 Å². The van der Waals surface area contributed by atoms with Gasteiger partial charge in [-0.2, -0.15) is 0 Å². The third-order valence-electron chi connectivity index (χ3n) is 5.08. The summed E-state index contributed by atoms with van der Waals surface area (Å²) in [4.78, 5) is 27.0. The lowest BCUT2D eigenvalue weighted by molar-refractivity contribution is -0.122. The molecule has 0 aromatic heterocycles. The van der Waals surface area contributed by atoms with Gasteiger partial charge in [-0.05, 0) is 43.2 Å². The van der Waals surface area contributed by atoms with Gasteiger partial charge in [0.2, 0.25) is 5.91 Å².